The van der Waals surface area contributed by atoms with E-state index in [9.17, 15) is 4.79 Å². The van der Waals surface area contributed by atoms with Gasteiger partial charge in [0.25, 0.3) is 0 Å². The topological polar surface area (TPSA) is 93.0 Å². The molecule has 0 spiro atoms. The number of nitrogens with one attached hydrogen (secondary N) is 2. The quantitative estimate of drug-likeness (QED) is 0.713. The lowest BCUT2D eigenvalue weighted by Gasteiger charge is -2.19. The minimum absolute atomic E-state index is 0.301. The number of hydrogen-bond donors (Lipinski definition) is 3. The lowest BCUT2D eigenvalue weighted by molar-refractivity contribution is 0.0522. The van der Waals surface area contributed by atoms with E-state index in [1.807, 2.05) is 20.8 Å². The fourth-order valence-corrected chi connectivity index (χ4v) is 1.07. The van der Waals surface area contributed by atoms with E-state index >= 15 is 0 Å². The number of hydrogen-bond acceptors (Lipinski definition) is 4. The highest BCUT2D eigenvalue weighted by atomic mass is 16.6. The molecule has 6 heteroatoms. The number of imidazole rings is 1. The molecule has 0 aliphatic heterocycles. The summed E-state index contributed by atoms with van der Waals surface area (Å²) in [6, 6.07) is 0. The molecular formula is C10H18N4O2. The second-order valence-corrected chi connectivity index (χ2v) is 4.40. The first-order valence-electron chi connectivity index (χ1n) is 5.11. The van der Waals surface area contributed by atoms with Crippen LogP contribution in [0.1, 0.15) is 32.3 Å². The van der Waals surface area contributed by atoms with E-state index in [1.54, 1.807) is 6.20 Å². The third-order valence-corrected chi connectivity index (χ3v) is 1.69. The summed E-state index contributed by atoms with van der Waals surface area (Å²) in [6.45, 7) is 6.11. The Bertz CT molecular complexity index is 354. The first-order chi connectivity index (χ1) is 7.40. The van der Waals surface area contributed by atoms with E-state index < -0.39 is 11.7 Å². The van der Waals surface area contributed by atoms with Gasteiger partial charge in [0, 0.05) is 12.7 Å². The fourth-order valence-electron chi connectivity index (χ4n) is 1.07. The molecule has 0 aromatic carbocycles. The summed E-state index contributed by atoms with van der Waals surface area (Å²) in [5.41, 5.74) is 5.68. The number of rotatable bonds is 3. The van der Waals surface area contributed by atoms with Crippen LogP contribution in [-0.4, -0.2) is 21.7 Å². The average Bonchev–Trinajstić information content (AvgIpc) is 2.59. The van der Waals surface area contributed by atoms with Crippen LogP contribution >= 0.6 is 0 Å². The lowest BCUT2D eigenvalue weighted by atomic mass is 10.2. The molecule has 0 atom stereocenters. The molecule has 90 valence electrons. The standard InChI is InChI=1S/C10H18N4O2/c1-10(2,3)16-9(15)13-6-8-12-5-7(4-11)14-8/h5H,4,6,11H2,1-3H3,(H,12,14)(H,13,15). The molecule has 1 aromatic rings. The highest BCUT2D eigenvalue weighted by Crippen LogP contribution is 2.06. The lowest BCUT2D eigenvalue weighted by Crippen LogP contribution is -2.32. The minimum Gasteiger partial charge on any atom is -0.444 e. The predicted octanol–water partition coefficient (Wildman–Crippen LogP) is 0.893. The number of carbonyl (C=O) groups excluding carboxylic acids is 1. The molecule has 1 heterocycles. The third kappa shape index (κ3) is 4.31. The Labute approximate surface area is 94.6 Å². The van der Waals surface area contributed by atoms with Crippen molar-refractivity contribution in [2.24, 2.45) is 5.73 Å². The summed E-state index contributed by atoms with van der Waals surface area (Å²) < 4.78 is 5.08. The van der Waals surface area contributed by atoms with E-state index in [2.05, 4.69) is 15.3 Å². The Morgan fingerprint density at radius 3 is 2.81 bits per heavy atom. The monoisotopic (exact) mass is 226 g/mol. The molecule has 0 aliphatic carbocycles. The summed E-state index contributed by atoms with van der Waals surface area (Å²) in [7, 11) is 0. The molecule has 4 N–H and O–H groups in total. The molecule has 16 heavy (non-hydrogen) atoms. The van der Waals surface area contributed by atoms with Crippen LogP contribution in [0, 0.1) is 0 Å². The zero-order valence-electron chi connectivity index (χ0n) is 9.83. The Kier molecular flexibility index (Phi) is 3.89. The maximum Gasteiger partial charge on any atom is 0.408 e. The van der Waals surface area contributed by atoms with Gasteiger partial charge in [-0.3, -0.25) is 0 Å². The Morgan fingerprint density at radius 1 is 1.62 bits per heavy atom. The first-order valence-corrected chi connectivity index (χ1v) is 5.11. The van der Waals surface area contributed by atoms with E-state index in [4.69, 9.17) is 10.5 Å². The molecule has 0 saturated carbocycles. The summed E-state index contributed by atoms with van der Waals surface area (Å²) >= 11 is 0. The first kappa shape index (κ1) is 12.5. The van der Waals surface area contributed by atoms with Gasteiger partial charge in [0.1, 0.15) is 11.4 Å². The van der Waals surface area contributed by atoms with Crippen LogP contribution in [0.4, 0.5) is 4.79 Å². The number of amides is 1. The molecule has 0 aliphatic rings. The maximum absolute atomic E-state index is 11.3. The SMILES string of the molecule is CC(C)(C)OC(=O)NCc1nc(CN)c[nH]1. The van der Waals surface area contributed by atoms with Crippen LogP contribution in [-0.2, 0) is 17.8 Å². The van der Waals surface area contributed by atoms with Crippen molar-refractivity contribution in [1.29, 1.82) is 0 Å². The van der Waals surface area contributed by atoms with Gasteiger partial charge in [-0.05, 0) is 20.8 Å². The van der Waals surface area contributed by atoms with Crippen LogP contribution in [0.3, 0.4) is 0 Å². The zero-order chi connectivity index (χ0) is 12.2. The maximum atomic E-state index is 11.3. The Morgan fingerprint density at radius 2 is 2.31 bits per heavy atom. The highest BCUT2D eigenvalue weighted by molar-refractivity contribution is 5.67. The van der Waals surface area contributed by atoms with Crippen molar-refractivity contribution in [1.82, 2.24) is 15.3 Å². The molecule has 1 rings (SSSR count). The van der Waals surface area contributed by atoms with Gasteiger partial charge in [0.05, 0.1) is 12.2 Å². The van der Waals surface area contributed by atoms with Crippen LogP contribution < -0.4 is 11.1 Å². The van der Waals surface area contributed by atoms with Crippen molar-refractivity contribution in [3.8, 4) is 0 Å². The van der Waals surface area contributed by atoms with E-state index in [0.29, 0.717) is 18.9 Å². The molecule has 0 fully saturated rings. The number of nitrogens with two attached hydrogens (primary N) is 1. The summed E-state index contributed by atoms with van der Waals surface area (Å²) in [5.74, 6) is 0.659. The number of carbonyl (C=O) groups is 1. The smallest absolute Gasteiger partial charge is 0.408 e. The number of alkyl carbamates (subject to hydrolysis) is 1. The fraction of sp³-hybridized carbons (Fsp3) is 0.600. The van der Waals surface area contributed by atoms with E-state index in [0.717, 1.165) is 5.69 Å². The largest absolute Gasteiger partial charge is 0.444 e. The van der Waals surface area contributed by atoms with Gasteiger partial charge in [0.15, 0.2) is 0 Å². The van der Waals surface area contributed by atoms with Crippen LogP contribution in [0.2, 0.25) is 0 Å². The Balaban J connectivity index is 2.37. The highest BCUT2D eigenvalue weighted by Gasteiger charge is 2.15. The summed E-state index contributed by atoms with van der Waals surface area (Å²) in [4.78, 5) is 18.4. The van der Waals surface area contributed by atoms with Gasteiger partial charge < -0.3 is 20.8 Å². The normalized spacial score (nSPS) is 11.2. The molecule has 1 amide bonds. The summed E-state index contributed by atoms with van der Waals surface area (Å²) in [6.07, 6.45) is 1.25. The summed E-state index contributed by atoms with van der Waals surface area (Å²) in [5, 5.41) is 2.60. The van der Waals surface area contributed by atoms with Gasteiger partial charge in [-0.2, -0.15) is 0 Å². The van der Waals surface area contributed by atoms with E-state index in [-0.39, 0.29) is 0 Å². The predicted molar refractivity (Wildman–Crippen MR) is 59.6 cm³/mol. The van der Waals surface area contributed by atoms with E-state index in [1.165, 1.54) is 0 Å². The number of nitrogens with zero attached hydrogens (tertiary/aromatic N) is 1. The van der Waals surface area contributed by atoms with Crippen molar-refractivity contribution < 1.29 is 9.53 Å². The molecule has 0 saturated heterocycles. The molecule has 1 aromatic heterocycles. The number of ether oxygens (including phenoxy) is 1. The number of aromatic nitrogens is 2. The number of aromatic amines is 1. The van der Waals surface area contributed by atoms with Crippen molar-refractivity contribution in [3.63, 3.8) is 0 Å². The van der Waals surface area contributed by atoms with Gasteiger partial charge in [-0.15, -0.1) is 0 Å². The van der Waals surface area contributed by atoms with Gasteiger partial charge in [-0.25, -0.2) is 9.78 Å². The molecular weight excluding hydrogens is 208 g/mol. The minimum atomic E-state index is -0.490. The van der Waals surface area contributed by atoms with Crippen LogP contribution in [0.5, 0.6) is 0 Å². The van der Waals surface area contributed by atoms with Gasteiger partial charge in [-0.1, -0.05) is 0 Å². The Hall–Kier alpha value is -1.56. The zero-order valence-corrected chi connectivity index (χ0v) is 9.83. The second-order valence-electron chi connectivity index (χ2n) is 4.40. The van der Waals surface area contributed by atoms with Gasteiger partial charge >= 0.3 is 6.09 Å². The molecule has 0 bridgehead atoms. The molecule has 0 radical (unpaired) electrons. The van der Waals surface area contributed by atoms with Gasteiger partial charge in [0.2, 0.25) is 0 Å². The van der Waals surface area contributed by atoms with Crippen LogP contribution in [0.15, 0.2) is 6.20 Å². The van der Waals surface area contributed by atoms with Crippen molar-refractivity contribution in [2.75, 3.05) is 0 Å². The third-order valence-electron chi connectivity index (χ3n) is 1.69. The van der Waals surface area contributed by atoms with Crippen molar-refractivity contribution in [3.05, 3.63) is 17.7 Å². The van der Waals surface area contributed by atoms with Crippen molar-refractivity contribution in [2.45, 2.75) is 39.5 Å². The molecule has 0 unspecified atom stereocenters. The number of H-pyrrole nitrogens is 1. The average molecular weight is 226 g/mol. The second kappa shape index (κ2) is 4.98. The van der Waals surface area contributed by atoms with Crippen LogP contribution in [0.25, 0.3) is 0 Å². The van der Waals surface area contributed by atoms with Crippen molar-refractivity contribution >= 4 is 6.09 Å². The molecule has 6 nitrogen and oxygen atoms in total.